The second-order valence-electron chi connectivity index (χ2n) is 3.04. The summed E-state index contributed by atoms with van der Waals surface area (Å²) in [5.41, 5.74) is -1.72. The third kappa shape index (κ3) is 1.98. The van der Waals surface area contributed by atoms with Gasteiger partial charge in [-0.15, -0.1) is 0 Å². The first-order valence-electron chi connectivity index (χ1n) is 4.20. The molecule has 17 heavy (non-hydrogen) atoms. The van der Waals surface area contributed by atoms with Gasteiger partial charge in [0.05, 0.1) is 11.8 Å². The number of nitrogens with one attached hydrogen (secondary N) is 1. The number of hydrogen-bond acceptors (Lipinski definition) is 4. The Bertz CT molecular complexity index is 558. The van der Waals surface area contributed by atoms with E-state index in [9.17, 15) is 18.0 Å². The largest absolute Gasteiger partial charge is 0.475 e. The number of carboxylic acids is 1. The molecule has 0 fully saturated rings. The summed E-state index contributed by atoms with van der Waals surface area (Å²) in [5.74, 6) is -1.96. The van der Waals surface area contributed by atoms with Crippen LogP contribution in [0.3, 0.4) is 0 Å². The van der Waals surface area contributed by atoms with E-state index in [4.69, 9.17) is 5.11 Å². The van der Waals surface area contributed by atoms with Crippen molar-refractivity contribution in [3.05, 3.63) is 23.7 Å². The fraction of sp³-hybridized carbons (Fsp3) is 0.125. The lowest BCUT2D eigenvalue weighted by Gasteiger charge is -2.03. The molecule has 6 nitrogen and oxygen atoms in total. The average molecular weight is 247 g/mol. The van der Waals surface area contributed by atoms with Crippen LogP contribution in [0, 0.1) is 0 Å². The minimum atomic E-state index is -4.63. The van der Waals surface area contributed by atoms with E-state index in [0.717, 1.165) is 12.3 Å². The minimum absolute atomic E-state index is 0.247. The predicted molar refractivity (Wildman–Crippen MR) is 46.0 cm³/mol. The van der Waals surface area contributed by atoms with Crippen molar-refractivity contribution >= 4 is 5.97 Å². The maximum atomic E-state index is 12.5. The van der Waals surface area contributed by atoms with E-state index in [2.05, 4.69) is 14.8 Å². The maximum Gasteiger partial charge on any atom is 0.433 e. The summed E-state index contributed by atoms with van der Waals surface area (Å²) < 4.78 is 41.8. The van der Waals surface area contributed by atoms with Crippen LogP contribution in [0.5, 0.6) is 0 Å². The Labute approximate surface area is 91.0 Å². The monoisotopic (exact) mass is 247 g/mol. The molecule has 0 saturated heterocycles. The number of alkyl halides is 3. The summed E-state index contributed by atoms with van der Waals surface area (Å²) >= 11 is 0. The van der Waals surface area contributed by atoms with Crippen LogP contribution in [0.4, 0.5) is 13.2 Å². The zero-order valence-electron chi connectivity index (χ0n) is 7.95. The van der Waals surface area contributed by atoms with Crippen molar-refractivity contribution in [1.82, 2.24) is 15.4 Å². The molecule has 0 spiro atoms. The zero-order valence-corrected chi connectivity index (χ0v) is 7.95. The number of rotatable bonds is 2. The van der Waals surface area contributed by atoms with E-state index in [0.29, 0.717) is 0 Å². The number of carbonyl (C=O) groups is 1. The molecule has 2 aromatic rings. The lowest BCUT2D eigenvalue weighted by atomic mass is 10.1. The lowest BCUT2D eigenvalue weighted by molar-refractivity contribution is -0.140. The van der Waals surface area contributed by atoms with Crippen LogP contribution in [0.2, 0.25) is 0 Å². The number of nitrogens with zero attached hydrogens (tertiary/aromatic N) is 2. The number of aromatic carboxylic acids is 1. The average Bonchev–Trinajstić information content (AvgIpc) is 2.85. The standard InChI is InChI=1S/C8H4F3N3O3/c9-8(10,11)6-3(2-12-13-6)4-1-5(7(15)16)17-14-4/h1-2H,(H,12,13)(H,15,16). The molecule has 0 amide bonds. The number of carboxylic acid groups (broad SMARTS) is 1. The molecule has 2 heterocycles. The van der Waals surface area contributed by atoms with Crippen LogP contribution in [-0.4, -0.2) is 26.4 Å². The maximum absolute atomic E-state index is 12.5. The third-order valence-electron chi connectivity index (χ3n) is 1.92. The molecule has 2 N–H and O–H groups in total. The molecule has 0 aliphatic heterocycles. The first kappa shape index (κ1) is 11.2. The Balaban J connectivity index is 2.47. The summed E-state index contributed by atoms with van der Waals surface area (Å²) in [6, 6.07) is 0.891. The normalized spacial score (nSPS) is 11.7. The molecule has 0 radical (unpaired) electrons. The topological polar surface area (TPSA) is 92.0 Å². The molecule has 9 heteroatoms. The van der Waals surface area contributed by atoms with Crippen molar-refractivity contribution in [2.75, 3.05) is 0 Å². The Morgan fingerprint density at radius 2 is 2.18 bits per heavy atom. The molecule has 2 rings (SSSR count). The highest BCUT2D eigenvalue weighted by molar-refractivity contribution is 5.85. The number of hydrogen-bond donors (Lipinski definition) is 2. The van der Waals surface area contributed by atoms with Crippen LogP contribution in [0.15, 0.2) is 16.8 Å². The smallest absolute Gasteiger partial charge is 0.433 e. The zero-order chi connectivity index (χ0) is 12.6. The van der Waals surface area contributed by atoms with Gasteiger partial charge in [0, 0.05) is 6.07 Å². The van der Waals surface area contributed by atoms with Crippen molar-refractivity contribution < 1.29 is 27.6 Å². The van der Waals surface area contributed by atoms with Crippen LogP contribution >= 0.6 is 0 Å². The van der Waals surface area contributed by atoms with E-state index >= 15 is 0 Å². The van der Waals surface area contributed by atoms with Crippen molar-refractivity contribution in [2.24, 2.45) is 0 Å². The van der Waals surface area contributed by atoms with Crippen LogP contribution < -0.4 is 0 Å². The number of aromatic nitrogens is 3. The van der Waals surface area contributed by atoms with Gasteiger partial charge in [-0.25, -0.2) is 4.79 Å². The van der Waals surface area contributed by atoms with Crippen molar-refractivity contribution in [3.8, 4) is 11.3 Å². The molecule has 0 bridgehead atoms. The molecular formula is C8H4F3N3O3. The SMILES string of the molecule is O=C(O)c1cc(-c2cn[nH]c2C(F)(F)F)no1. The summed E-state index contributed by atoms with van der Waals surface area (Å²) in [5, 5.41) is 16.8. The van der Waals surface area contributed by atoms with Gasteiger partial charge >= 0.3 is 12.1 Å². The van der Waals surface area contributed by atoms with Gasteiger partial charge in [-0.05, 0) is 0 Å². The van der Waals surface area contributed by atoms with Crippen molar-refractivity contribution in [2.45, 2.75) is 6.18 Å². The molecular weight excluding hydrogens is 243 g/mol. The van der Waals surface area contributed by atoms with E-state index in [-0.39, 0.29) is 11.3 Å². The number of halogens is 3. The van der Waals surface area contributed by atoms with Crippen molar-refractivity contribution in [1.29, 1.82) is 0 Å². The summed E-state index contributed by atoms with van der Waals surface area (Å²) in [6.45, 7) is 0. The number of H-pyrrole nitrogens is 1. The van der Waals surface area contributed by atoms with Gasteiger partial charge in [-0.2, -0.15) is 18.3 Å². The first-order valence-corrected chi connectivity index (χ1v) is 4.20. The molecule has 2 aromatic heterocycles. The predicted octanol–water partition coefficient (Wildman–Crippen LogP) is 1.78. The quantitative estimate of drug-likeness (QED) is 0.843. The Morgan fingerprint density at radius 1 is 1.47 bits per heavy atom. The molecule has 0 aliphatic rings. The van der Waals surface area contributed by atoms with E-state index < -0.39 is 23.6 Å². The second-order valence-corrected chi connectivity index (χ2v) is 3.04. The van der Waals surface area contributed by atoms with E-state index in [1.807, 2.05) is 0 Å². The highest BCUT2D eigenvalue weighted by atomic mass is 19.4. The second kappa shape index (κ2) is 3.61. The summed E-state index contributed by atoms with van der Waals surface area (Å²) in [7, 11) is 0. The molecule has 0 atom stereocenters. The van der Waals surface area contributed by atoms with Gasteiger partial charge in [0.15, 0.2) is 0 Å². The van der Waals surface area contributed by atoms with E-state index in [1.54, 1.807) is 5.10 Å². The Hall–Kier alpha value is -2.32. The molecule has 90 valence electrons. The van der Waals surface area contributed by atoms with Gasteiger partial charge in [-0.3, -0.25) is 5.10 Å². The number of aromatic amines is 1. The van der Waals surface area contributed by atoms with Crippen molar-refractivity contribution in [3.63, 3.8) is 0 Å². The molecule has 0 saturated carbocycles. The van der Waals surface area contributed by atoms with Gasteiger partial charge < -0.3 is 9.63 Å². The van der Waals surface area contributed by atoms with E-state index in [1.165, 1.54) is 0 Å². The fourth-order valence-corrected chi connectivity index (χ4v) is 1.20. The summed E-state index contributed by atoms with van der Waals surface area (Å²) in [6.07, 6.45) is -3.74. The van der Waals surface area contributed by atoms with Crippen LogP contribution in [0.25, 0.3) is 11.3 Å². The Kier molecular flexibility index (Phi) is 2.37. The highest BCUT2D eigenvalue weighted by Crippen LogP contribution is 2.34. The molecule has 0 aliphatic carbocycles. The van der Waals surface area contributed by atoms with Gasteiger partial charge in [0.25, 0.3) is 0 Å². The Morgan fingerprint density at radius 3 is 2.71 bits per heavy atom. The highest BCUT2D eigenvalue weighted by Gasteiger charge is 2.36. The van der Waals surface area contributed by atoms with Crippen LogP contribution in [0.1, 0.15) is 16.2 Å². The van der Waals surface area contributed by atoms with Crippen LogP contribution in [-0.2, 0) is 6.18 Å². The van der Waals surface area contributed by atoms with Gasteiger partial charge in [-0.1, -0.05) is 5.16 Å². The minimum Gasteiger partial charge on any atom is -0.475 e. The fourth-order valence-electron chi connectivity index (χ4n) is 1.20. The molecule has 0 aromatic carbocycles. The van der Waals surface area contributed by atoms with Gasteiger partial charge in [0.1, 0.15) is 11.4 Å². The van der Waals surface area contributed by atoms with Gasteiger partial charge in [0.2, 0.25) is 5.76 Å². The first-order chi connectivity index (χ1) is 7.89. The summed E-state index contributed by atoms with van der Waals surface area (Å²) in [4.78, 5) is 10.5. The lowest BCUT2D eigenvalue weighted by Crippen LogP contribution is -2.07. The third-order valence-corrected chi connectivity index (χ3v) is 1.92. The molecule has 0 unspecified atom stereocenters.